The highest BCUT2D eigenvalue weighted by atomic mass is 19.4. The Morgan fingerprint density at radius 2 is 1.74 bits per heavy atom. The fourth-order valence-electron chi connectivity index (χ4n) is 5.39. The molecular formula is C25H30F6N6O2. The SMILES string of the molecule is CCC(NC(=O)C(F)(F)F)[C@H]1CC[C@@H](N2CC(NC(=O)CNc3ncnc4ccc(C(F)(F)F)cc34)C2)CC1. The monoisotopic (exact) mass is 560 g/mol. The standard InChI is InChI=1S/C25H30F6N6O2/c1-2-19(36-23(39)25(29,30)31)14-3-6-17(7-4-14)37-11-16(12-37)35-21(38)10-32-22-18-9-15(24(26,27)28)5-8-20(18)33-13-34-22/h5,8-9,13-14,16-17,19H,2-4,6-7,10-12H2,1H3,(H,35,38)(H,36,39)(H,32,33,34)/t14-,17+,19?. The topological polar surface area (TPSA) is 99.2 Å². The van der Waals surface area contributed by atoms with Gasteiger partial charge in [-0.25, -0.2) is 9.97 Å². The lowest BCUT2D eigenvalue weighted by Gasteiger charge is -2.47. The van der Waals surface area contributed by atoms with Crippen molar-refractivity contribution < 1.29 is 35.9 Å². The summed E-state index contributed by atoms with van der Waals surface area (Å²) in [5, 5.41) is 7.98. The minimum atomic E-state index is -4.89. The van der Waals surface area contributed by atoms with Crippen LogP contribution >= 0.6 is 0 Å². The second-order valence-electron chi connectivity index (χ2n) is 10.1. The van der Waals surface area contributed by atoms with Crippen molar-refractivity contribution >= 4 is 28.5 Å². The zero-order valence-corrected chi connectivity index (χ0v) is 21.2. The molecule has 1 aliphatic heterocycles. The van der Waals surface area contributed by atoms with E-state index in [9.17, 15) is 35.9 Å². The molecule has 1 saturated heterocycles. The van der Waals surface area contributed by atoms with Crippen LogP contribution in [0.5, 0.6) is 0 Å². The number of rotatable bonds is 8. The van der Waals surface area contributed by atoms with Gasteiger partial charge in [0.15, 0.2) is 0 Å². The third kappa shape index (κ3) is 7.08. The van der Waals surface area contributed by atoms with Crippen LogP contribution in [-0.2, 0) is 15.8 Å². The van der Waals surface area contributed by atoms with Gasteiger partial charge in [0.25, 0.3) is 0 Å². The van der Waals surface area contributed by atoms with Crippen molar-refractivity contribution in [2.75, 3.05) is 25.0 Å². The van der Waals surface area contributed by atoms with Gasteiger partial charge in [-0.2, -0.15) is 26.3 Å². The predicted octanol–water partition coefficient (Wildman–Crippen LogP) is 3.88. The number of nitrogens with zero attached hydrogens (tertiary/aromatic N) is 3. The quantitative estimate of drug-likeness (QED) is 0.424. The molecule has 14 heteroatoms. The van der Waals surface area contributed by atoms with E-state index in [-0.39, 0.29) is 41.7 Å². The highest BCUT2D eigenvalue weighted by Crippen LogP contribution is 2.34. The summed E-state index contributed by atoms with van der Waals surface area (Å²) in [5.74, 6) is -2.10. The van der Waals surface area contributed by atoms with Crippen molar-refractivity contribution in [1.29, 1.82) is 0 Å². The minimum absolute atomic E-state index is 0.00881. The maximum absolute atomic E-state index is 13.1. The van der Waals surface area contributed by atoms with E-state index in [0.29, 0.717) is 37.9 Å². The van der Waals surface area contributed by atoms with Crippen molar-refractivity contribution in [2.24, 2.45) is 5.92 Å². The zero-order chi connectivity index (χ0) is 28.4. The molecule has 3 N–H and O–H groups in total. The van der Waals surface area contributed by atoms with Gasteiger partial charge in [-0.1, -0.05) is 6.92 Å². The minimum Gasteiger partial charge on any atom is -0.360 e. The summed E-state index contributed by atoms with van der Waals surface area (Å²) < 4.78 is 77.1. The van der Waals surface area contributed by atoms with Crippen molar-refractivity contribution in [2.45, 2.75) is 69.5 Å². The van der Waals surface area contributed by atoms with Gasteiger partial charge in [0, 0.05) is 30.6 Å². The van der Waals surface area contributed by atoms with Gasteiger partial charge in [-0.15, -0.1) is 0 Å². The number of halogens is 6. The molecule has 2 fully saturated rings. The molecule has 1 aromatic heterocycles. The number of fused-ring (bicyclic) bond motifs is 1. The van der Waals surface area contributed by atoms with E-state index in [1.54, 1.807) is 6.92 Å². The van der Waals surface area contributed by atoms with Crippen LogP contribution in [0.2, 0.25) is 0 Å². The number of carbonyl (C=O) groups excluding carboxylic acids is 2. The fraction of sp³-hybridized carbons (Fsp3) is 0.600. The molecule has 0 bridgehead atoms. The average Bonchev–Trinajstić information content (AvgIpc) is 2.86. The summed E-state index contributed by atoms with van der Waals surface area (Å²) in [5.41, 5.74) is -0.518. The number of alkyl halides is 6. The van der Waals surface area contributed by atoms with Crippen LogP contribution in [0.15, 0.2) is 24.5 Å². The molecule has 1 aliphatic carbocycles. The van der Waals surface area contributed by atoms with Crippen LogP contribution in [0.25, 0.3) is 10.9 Å². The lowest BCUT2D eigenvalue weighted by Crippen LogP contribution is -2.63. The highest BCUT2D eigenvalue weighted by Gasteiger charge is 2.42. The van der Waals surface area contributed by atoms with Gasteiger partial charge in [0.1, 0.15) is 12.1 Å². The Morgan fingerprint density at radius 3 is 2.36 bits per heavy atom. The number of nitrogens with one attached hydrogen (secondary N) is 3. The Morgan fingerprint density at radius 1 is 1.05 bits per heavy atom. The molecule has 214 valence electrons. The van der Waals surface area contributed by atoms with Crippen LogP contribution in [0.4, 0.5) is 32.2 Å². The van der Waals surface area contributed by atoms with Crippen molar-refractivity contribution in [1.82, 2.24) is 25.5 Å². The molecule has 0 radical (unpaired) electrons. The first kappa shape index (κ1) is 28.8. The second-order valence-corrected chi connectivity index (χ2v) is 10.1. The molecule has 2 amide bonds. The van der Waals surface area contributed by atoms with E-state index >= 15 is 0 Å². The molecule has 1 saturated carbocycles. The molecule has 2 aliphatic rings. The van der Waals surface area contributed by atoms with Crippen LogP contribution in [0.3, 0.4) is 0 Å². The summed E-state index contributed by atoms with van der Waals surface area (Å²) in [6, 6.07) is 2.81. The first-order valence-corrected chi connectivity index (χ1v) is 12.8. The number of carbonyl (C=O) groups is 2. The highest BCUT2D eigenvalue weighted by molar-refractivity contribution is 5.91. The molecule has 2 heterocycles. The summed E-state index contributed by atoms with van der Waals surface area (Å²) in [7, 11) is 0. The molecule has 0 spiro atoms. The molecule has 4 rings (SSSR count). The number of likely N-dealkylation sites (tertiary alicyclic amines) is 1. The van der Waals surface area contributed by atoms with Crippen LogP contribution < -0.4 is 16.0 Å². The summed E-state index contributed by atoms with van der Waals surface area (Å²) in [6.07, 6.45) is -4.76. The van der Waals surface area contributed by atoms with E-state index in [2.05, 4.69) is 30.8 Å². The number of hydrogen-bond acceptors (Lipinski definition) is 6. The van der Waals surface area contributed by atoms with E-state index in [1.807, 2.05) is 0 Å². The molecular weight excluding hydrogens is 530 g/mol. The predicted molar refractivity (Wildman–Crippen MR) is 131 cm³/mol. The lowest BCUT2D eigenvalue weighted by molar-refractivity contribution is -0.174. The fourth-order valence-corrected chi connectivity index (χ4v) is 5.39. The zero-order valence-electron chi connectivity index (χ0n) is 21.2. The Kier molecular flexibility index (Phi) is 8.52. The molecule has 1 atom stereocenters. The van der Waals surface area contributed by atoms with E-state index in [0.717, 1.165) is 25.0 Å². The molecule has 1 unspecified atom stereocenters. The molecule has 1 aromatic carbocycles. The Labute approximate surface area is 220 Å². The van der Waals surface area contributed by atoms with Crippen molar-refractivity contribution in [3.8, 4) is 0 Å². The van der Waals surface area contributed by atoms with Crippen molar-refractivity contribution in [3.63, 3.8) is 0 Å². The maximum atomic E-state index is 13.1. The summed E-state index contributed by atoms with van der Waals surface area (Å²) in [4.78, 5) is 34.0. The van der Waals surface area contributed by atoms with Crippen LogP contribution in [0, 0.1) is 5.92 Å². The van der Waals surface area contributed by atoms with Crippen LogP contribution in [0.1, 0.15) is 44.6 Å². The molecule has 2 aromatic rings. The first-order valence-electron chi connectivity index (χ1n) is 12.8. The number of amides is 2. The van der Waals surface area contributed by atoms with Gasteiger partial charge >= 0.3 is 18.3 Å². The van der Waals surface area contributed by atoms with Gasteiger partial charge < -0.3 is 16.0 Å². The Bertz CT molecular complexity index is 1180. The van der Waals surface area contributed by atoms with Gasteiger partial charge in [0.05, 0.1) is 23.7 Å². The normalized spacial score (nSPS) is 21.7. The van der Waals surface area contributed by atoms with Crippen molar-refractivity contribution in [3.05, 3.63) is 30.1 Å². The van der Waals surface area contributed by atoms with Gasteiger partial charge in [-0.05, 0) is 56.2 Å². The largest absolute Gasteiger partial charge is 0.471 e. The number of anilines is 1. The number of hydrogen-bond donors (Lipinski definition) is 3. The number of aromatic nitrogens is 2. The average molecular weight is 561 g/mol. The van der Waals surface area contributed by atoms with E-state index in [4.69, 9.17) is 0 Å². The summed E-state index contributed by atoms with van der Waals surface area (Å²) in [6.45, 7) is 2.85. The Hall–Kier alpha value is -3.16. The van der Waals surface area contributed by atoms with Crippen LogP contribution in [-0.4, -0.2) is 70.6 Å². The lowest BCUT2D eigenvalue weighted by atomic mass is 9.79. The molecule has 8 nitrogen and oxygen atoms in total. The maximum Gasteiger partial charge on any atom is 0.471 e. The third-order valence-electron chi connectivity index (χ3n) is 7.49. The second kappa shape index (κ2) is 11.5. The van der Waals surface area contributed by atoms with E-state index < -0.39 is 29.9 Å². The summed E-state index contributed by atoms with van der Waals surface area (Å²) >= 11 is 0. The number of benzene rings is 1. The smallest absolute Gasteiger partial charge is 0.360 e. The molecule has 39 heavy (non-hydrogen) atoms. The third-order valence-corrected chi connectivity index (χ3v) is 7.49. The Balaban J connectivity index is 1.21. The van der Waals surface area contributed by atoms with Gasteiger partial charge in [0.2, 0.25) is 5.91 Å². The van der Waals surface area contributed by atoms with E-state index in [1.165, 1.54) is 12.4 Å². The first-order chi connectivity index (χ1) is 18.3. The van der Waals surface area contributed by atoms with Gasteiger partial charge in [-0.3, -0.25) is 14.5 Å².